The Bertz CT molecular complexity index is 2040. The molecule has 7 rings (SSSR count). The Hall–Kier alpha value is -2.54. The van der Waals surface area contributed by atoms with Gasteiger partial charge in [-0.2, -0.15) is 0 Å². The highest BCUT2D eigenvalue weighted by atomic mass is 16.8. The second-order valence-corrected chi connectivity index (χ2v) is 26.3. The number of ether oxygens (including phenoxy) is 7. The fourth-order valence-electron chi connectivity index (χ4n) is 15.8. The number of carbonyl (C=O) groups is 4. The molecule has 7 aliphatic rings. The highest BCUT2D eigenvalue weighted by molar-refractivity contribution is 5.95. The molecule has 0 aromatic heterocycles. The summed E-state index contributed by atoms with van der Waals surface area (Å²) in [6.07, 6.45) is 0.995. The quantitative estimate of drug-likeness (QED) is 0.0297. The van der Waals surface area contributed by atoms with Gasteiger partial charge in [-0.1, -0.05) is 126 Å². The number of aliphatic hydroxyl groups is 5. The van der Waals surface area contributed by atoms with Crippen molar-refractivity contribution in [3.63, 3.8) is 0 Å². The molecule has 0 bridgehead atoms. The summed E-state index contributed by atoms with van der Waals surface area (Å²) in [5.74, 6) is -2.14. The molecule has 2 heterocycles. The van der Waals surface area contributed by atoms with Gasteiger partial charge in [0.15, 0.2) is 30.6 Å². The summed E-state index contributed by atoms with van der Waals surface area (Å²) in [5, 5.41) is 56.6. The summed E-state index contributed by atoms with van der Waals surface area (Å²) >= 11 is 0. The van der Waals surface area contributed by atoms with E-state index in [1.165, 1.54) is 5.57 Å². The minimum absolute atomic E-state index is 0.0334. The fraction of sp³-hybridized carbons (Fsp3) is 0.900. The third-order valence-corrected chi connectivity index (χ3v) is 20.9. The van der Waals surface area contributed by atoms with Crippen LogP contribution in [-0.4, -0.2) is 137 Å². The lowest BCUT2D eigenvalue weighted by Crippen LogP contribution is -2.68. The zero-order chi connectivity index (χ0) is 55.6. The monoisotopic (exact) mass is 1070 g/mol. The molecule has 0 aromatic rings. The average Bonchev–Trinajstić information content (AvgIpc) is 3.57. The number of unbranched alkanes of at least 4 members (excludes halogenated alkanes) is 9. The highest BCUT2D eigenvalue weighted by Gasteiger charge is 2.71. The Morgan fingerprint density at radius 3 is 1.71 bits per heavy atom. The van der Waals surface area contributed by atoms with Crippen molar-refractivity contribution in [3.8, 4) is 0 Å². The molecule has 5 N–H and O–H groups in total. The molecule has 6 fully saturated rings. The number of allylic oxidation sites excluding steroid dienone is 2. The Morgan fingerprint density at radius 2 is 1.13 bits per heavy atom. The standard InChI is InChI=1S/C60H98O16/c1-11-14-17-20-31-70-50(67)46-42(63)41(62)45(66)52(74-46)76-48-44(65)43(64)47(51(68)71-32-21-18-15-12-2)75-53(48)73-40-24-25-58(8)39(55(40,4)5)23-26-60(10)49(58)38(61)34-36-37-35-57(7,54(69)72-33-22-19-16-13-3)28-27-56(37,6)29-30-59(36,60)9/h34,37,39-49,52-53,62-66H,11-33,35H2,1-10H3/t37-,39-,40-,41-,42-,43-,44-,45+,46-,47-,48+,49+,52-,53+,56+,57-,58-,59+,60+/m0/s1. The molecule has 0 radical (unpaired) electrons. The molecular weight excluding hydrogens is 977 g/mol. The van der Waals surface area contributed by atoms with Gasteiger partial charge in [-0.3, -0.25) is 9.59 Å². The Morgan fingerprint density at radius 1 is 0.592 bits per heavy atom. The van der Waals surface area contributed by atoms with Crippen LogP contribution in [0.3, 0.4) is 0 Å². The van der Waals surface area contributed by atoms with Gasteiger partial charge in [0.2, 0.25) is 0 Å². The van der Waals surface area contributed by atoms with Crippen molar-refractivity contribution in [1.82, 2.24) is 0 Å². The molecule has 0 aromatic carbocycles. The number of aliphatic hydroxyl groups excluding tert-OH is 5. The van der Waals surface area contributed by atoms with Gasteiger partial charge in [0, 0.05) is 5.92 Å². The van der Waals surface area contributed by atoms with E-state index in [4.69, 9.17) is 33.2 Å². The maximum Gasteiger partial charge on any atom is 0.338 e. The molecule has 0 amide bonds. The lowest BCUT2D eigenvalue weighted by molar-refractivity contribution is -0.371. The van der Waals surface area contributed by atoms with Crippen molar-refractivity contribution in [1.29, 1.82) is 0 Å². The second-order valence-electron chi connectivity index (χ2n) is 26.3. The highest BCUT2D eigenvalue weighted by Crippen LogP contribution is 2.75. The first-order valence-electron chi connectivity index (χ1n) is 29.7. The number of carbonyl (C=O) groups excluding carboxylic acids is 4. The summed E-state index contributed by atoms with van der Waals surface area (Å²) in [4.78, 5) is 56.1. The predicted molar refractivity (Wildman–Crippen MR) is 282 cm³/mol. The van der Waals surface area contributed by atoms with E-state index in [1.54, 1.807) is 0 Å². The van der Waals surface area contributed by atoms with Gasteiger partial charge in [-0.25, -0.2) is 9.59 Å². The van der Waals surface area contributed by atoms with Crippen LogP contribution >= 0.6 is 0 Å². The number of esters is 3. The molecule has 19 atom stereocenters. The maximum atomic E-state index is 15.3. The summed E-state index contributed by atoms with van der Waals surface area (Å²) in [7, 11) is 0. The Labute approximate surface area is 453 Å². The van der Waals surface area contributed by atoms with Crippen molar-refractivity contribution in [2.75, 3.05) is 19.8 Å². The minimum Gasteiger partial charge on any atom is -0.465 e. The molecule has 16 nitrogen and oxygen atoms in total. The topological polar surface area (TPSA) is 234 Å². The first-order valence-corrected chi connectivity index (χ1v) is 29.7. The maximum absolute atomic E-state index is 15.3. The Balaban J connectivity index is 1.13. The molecule has 434 valence electrons. The predicted octanol–water partition coefficient (Wildman–Crippen LogP) is 8.36. The van der Waals surface area contributed by atoms with Gasteiger partial charge >= 0.3 is 17.9 Å². The van der Waals surface area contributed by atoms with Gasteiger partial charge in [0.05, 0.1) is 31.3 Å². The second kappa shape index (κ2) is 24.7. The summed E-state index contributed by atoms with van der Waals surface area (Å²) in [5.41, 5.74) is -1.25. The van der Waals surface area contributed by atoms with E-state index in [0.717, 1.165) is 103 Å². The molecule has 4 saturated carbocycles. The molecular formula is C60H98O16. The normalized spacial score (nSPS) is 42.8. The van der Waals surface area contributed by atoms with E-state index in [1.807, 2.05) is 13.0 Å². The third-order valence-electron chi connectivity index (χ3n) is 20.9. The van der Waals surface area contributed by atoms with E-state index in [0.29, 0.717) is 38.7 Å². The largest absolute Gasteiger partial charge is 0.465 e. The lowest BCUT2D eigenvalue weighted by atomic mass is 9.33. The van der Waals surface area contributed by atoms with E-state index >= 15 is 4.79 Å². The Kier molecular flexibility index (Phi) is 19.8. The van der Waals surface area contributed by atoms with Gasteiger partial charge < -0.3 is 58.7 Å². The number of rotatable bonds is 22. The summed E-state index contributed by atoms with van der Waals surface area (Å²) < 4.78 is 42.2. The lowest BCUT2D eigenvalue weighted by Gasteiger charge is -2.70. The van der Waals surface area contributed by atoms with Gasteiger partial charge in [-0.05, 0) is 129 Å². The van der Waals surface area contributed by atoms with Crippen molar-refractivity contribution in [2.24, 2.45) is 50.2 Å². The minimum atomic E-state index is -1.94. The van der Waals surface area contributed by atoms with Crippen LogP contribution in [0.25, 0.3) is 0 Å². The molecule has 2 aliphatic heterocycles. The number of ketones is 1. The van der Waals surface area contributed by atoms with E-state index < -0.39 is 95.7 Å². The van der Waals surface area contributed by atoms with Crippen molar-refractivity contribution in [2.45, 2.75) is 272 Å². The van der Waals surface area contributed by atoms with Crippen LogP contribution in [0.2, 0.25) is 0 Å². The SMILES string of the molecule is CCCCCCOC(=O)[C@H]1O[C@@H](O[C@H]2[C@H](O[C@H]3CC[C@]4(C)[C@H]5C(=O)C=C6[C@@H]7C[C@@](C)(C(=O)OCCCCCC)CC[C@]7(C)CC[C@@]6(C)[C@]5(C)CC[C@H]4C3(C)C)O[C@H](C(=O)OCCCCCC)[C@@H](O)[C@@H]2O)[C@H](O)[C@@H](O)[C@@H]1O. The van der Waals surface area contributed by atoms with E-state index in [2.05, 4.69) is 62.3 Å². The van der Waals surface area contributed by atoms with Crippen LogP contribution in [-0.2, 0) is 52.3 Å². The zero-order valence-electron chi connectivity index (χ0n) is 47.9. The van der Waals surface area contributed by atoms with Gasteiger partial charge in [-0.15, -0.1) is 0 Å². The molecule has 5 aliphatic carbocycles. The van der Waals surface area contributed by atoms with Crippen molar-refractivity contribution < 1.29 is 77.9 Å². The fourth-order valence-corrected chi connectivity index (χ4v) is 15.8. The van der Waals surface area contributed by atoms with Crippen molar-refractivity contribution in [3.05, 3.63) is 11.6 Å². The van der Waals surface area contributed by atoms with Crippen LogP contribution in [0.1, 0.15) is 204 Å². The van der Waals surface area contributed by atoms with Crippen LogP contribution in [0.5, 0.6) is 0 Å². The van der Waals surface area contributed by atoms with E-state index in [-0.39, 0.29) is 59.0 Å². The third kappa shape index (κ3) is 11.7. The molecule has 2 saturated heterocycles. The molecule has 76 heavy (non-hydrogen) atoms. The van der Waals surface area contributed by atoms with Crippen LogP contribution in [0.15, 0.2) is 11.6 Å². The number of hydrogen-bond donors (Lipinski definition) is 5. The van der Waals surface area contributed by atoms with E-state index in [9.17, 15) is 39.9 Å². The molecule has 0 spiro atoms. The van der Waals surface area contributed by atoms with Crippen LogP contribution in [0, 0.1) is 50.2 Å². The first-order chi connectivity index (χ1) is 35.9. The molecule has 16 heteroatoms. The molecule has 0 unspecified atom stereocenters. The van der Waals surface area contributed by atoms with Crippen LogP contribution < -0.4 is 0 Å². The summed E-state index contributed by atoms with van der Waals surface area (Å²) in [6.45, 7) is 22.5. The van der Waals surface area contributed by atoms with Crippen LogP contribution in [0.4, 0.5) is 0 Å². The van der Waals surface area contributed by atoms with Gasteiger partial charge in [0.1, 0.15) is 36.6 Å². The summed E-state index contributed by atoms with van der Waals surface area (Å²) in [6, 6.07) is 0. The average molecular weight is 1080 g/mol. The zero-order valence-corrected chi connectivity index (χ0v) is 47.9. The van der Waals surface area contributed by atoms with Crippen molar-refractivity contribution >= 4 is 23.7 Å². The number of fused-ring (bicyclic) bond motifs is 7. The smallest absolute Gasteiger partial charge is 0.338 e. The first kappa shape index (κ1) is 61.1. The number of hydrogen-bond acceptors (Lipinski definition) is 16. The van der Waals surface area contributed by atoms with Gasteiger partial charge in [0.25, 0.3) is 0 Å².